The van der Waals surface area contributed by atoms with Crippen LogP contribution in [-0.4, -0.2) is 48.8 Å². The topological polar surface area (TPSA) is 81.7 Å². The van der Waals surface area contributed by atoms with Gasteiger partial charge in [0, 0.05) is 20.4 Å². The Morgan fingerprint density at radius 2 is 0.806 bits per heavy atom. The second kappa shape index (κ2) is 15.6. The van der Waals surface area contributed by atoms with E-state index >= 15 is 0 Å². The average molecular weight is 583 g/mol. The third-order valence-corrected chi connectivity index (χ3v) is 8.96. The molecule has 0 aromatic carbocycles. The Bertz CT molecular complexity index is 407. The molecular weight excluding hydrogens is 537 g/mol. The number of rotatable bonds is 15. The molecule has 194 valence electrons. The van der Waals surface area contributed by atoms with Crippen LogP contribution in [0.5, 0.6) is 0 Å². The smallest absolute Gasteiger partial charge is 0 e. The van der Waals surface area contributed by atoms with Crippen LogP contribution in [0, 0.1) is 0 Å². The molecule has 0 aromatic heterocycles. The Morgan fingerprint density at radius 1 is 0.548 bits per heavy atom. The molecule has 0 N–H and O–H groups in total. The van der Waals surface area contributed by atoms with E-state index in [0.717, 1.165) is 0 Å². The SMILES string of the molecule is CC(C)O[PH](CC(=O)O[PH](OC(C)C)(OC(C)C)OC(C)C)(OC(C)C)OC(C)C.[Pd]. The Morgan fingerprint density at radius 3 is 1.03 bits per heavy atom. The Hall–Kier alpha value is 0.752. The zero-order valence-corrected chi connectivity index (χ0v) is 24.8. The van der Waals surface area contributed by atoms with Crippen molar-refractivity contribution < 1.29 is 56.9 Å². The molecule has 0 bridgehead atoms. The summed E-state index contributed by atoms with van der Waals surface area (Å²) in [6.07, 6.45) is -1.49. The van der Waals surface area contributed by atoms with Gasteiger partial charge in [-0.05, 0) is 0 Å². The third-order valence-electron chi connectivity index (χ3n) is 2.99. The van der Waals surface area contributed by atoms with Crippen molar-refractivity contribution in [2.75, 3.05) is 6.16 Å². The predicted octanol–water partition coefficient (Wildman–Crippen LogP) is 5.98. The standard InChI is InChI=1S/C20H46O8P2.Pd/c1-14(2)22-29(23-15(3)4,24-16(5)6)13-20(21)28-30(25-17(7)8,26-18(9)10)27-19(11)12;/h14-19,29-30H,13H2,1-12H3;. The Kier molecular flexibility index (Phi) is 17.1. The Balaban J connectivity index is 0. The molecule has 0 rings (SSSR count). The fourth-order valence-electron chi connectivity index (χ4n) is 2.66. The quantitative estimate of drug-likeness (QED) is 0.172. The van der Waals surface area contributed by atoms with Crippen molar-refractivity contribution in [1.82, 2.24) is 0 Å². The molecule has 8 nitrogen and oxygen atoms in total. The maximum absolute atomic E-state index is 13.1. The number of carbonyl (C=O) groups is 1. The molecule has 0 saturated carbocycles. The molecule has 0 spiro atoms. The molecule has 0 unspecified atom stereocenters. The van der Waals surface area contributed by atoms with Crippen molar-refractivity contribution in [2.45, 2.75) is 120 Å². The molecule has 0 amide bonds. The summed E-state index contributed by atoms with van der Waals surface area (Å²) in [6, 6.07) is 0. The second-order valence-corrected chi connectivity index (χ2v) is 13.2. The maximum Gasteiger partial charge on any atom is 0 e. The monoisotopic (exact) mass is 582 g/mol. The summed E-state index contributed by atoms with van der Waals surface area (Å²) >= 11 is 0. The fraction of sp³-hybridized carbons (Fsp3) is 0.950. The van der Waals surface area contributed by atoms with E-state index in [4.69, 9.17) is 31.7 Å². The summed E-state index contributed by atoms with van der Waals surface area (Å²) in [5, 5.41) is 0. The maximum atomic E-state index is 13.1. The normalized spacial score (nSPS) is 14.1. The van der Waals surface area contributed by atoms with Gasteiger partial charge in [-0.2, -0.15) is 0 Å². The third kappa shape index (κ3) is 15.3. The molecule has 11 heteroatoms. The zero-order valence-electron chi connectivity index (χ0n) is 21.3. The van der Waals surface area contributed by atoms with Gasteiger partial charge in [-0.1, -0.05) is 0 Å². The van der Waals surface area contributed by atoms with E-state index in [-0.39, 0.29) is 63.2 Å². The first-order valence-corrected chi connectivity index (χ1v) is 14.5. The first-order valence-electron chi connectivity index (χ1n) is 10.9. The van der Waals surface area contributed by atoms with Gasteiger partial charge in [0.15, 0.2) is 0 Å². The van der Waals surface area contributed by atoms with Gasteiger partial charge in [-0.15, -0.1) is 0 Å². The summed E-state index contributed by atoms with van der Waals surface area (Å²) in [5.41, 5.74) is 0. The number of hydrogen-bond donors (Lipinski definition) is 0. The molecule has 0 aliphatic heterocycles. The first-order chi connectivity index (χ1) is 13.6. The van der Waals surface area contributed by atoms with Crippen LogP contribution in [-0.2, 0) is 56.9 Å². The molecule has 0 aromatic rings. The summed E-state index contributed by atoms with van der Waals surface area (Å²) in [5.74, 6) is -0.586. The van der Waals surface area contributed by atoms with Crippen LogP contribution < -0.4 is 0 Å². The van der Waals surface area contributed by atoms with E-state index in [9.17, 15) is 4.79 Å². The summed E-state index contributed by atoms with van der Waals surface area (Å²) < 4.78 is 41.8. The van der Waals surface area contributed by atoms with Crippen molar-refractivity contribution in [3.05, 3.63) is 0 Å². The molecule has 0 heterocycles. The number of carbonyl (C=O) groups excluding carboxylic acids is 1. The van der Waals surface area contributed by atoms with Gasteiger partial charge in [0.05, 0.1) is 0 Å². The van der Waals surface area contributed by atoms with Gasteiger partial charge >= 0.3 is 184 Å². The van der Waals surface area contributed by atoms with E-state index in [1.807, 2.05) is 83.1 Å². The largest absolute Gasteiger partial charge is 0 e. The Labute approximate surface area is 204 Å². The van der Waals surface area contributed by atoms with Crippen LogP contribution in [0.25, 0.3) is 0 Å². The predicted molar refractivity (Wildman–Crippen MR) is 125 cm³/mol. The van der Waals surface area contributed by atoms with E-state index < -0.39 is 22.1 Å². The van der Waals surface area contributed by atoms with Crippen LogP contribution in [0.4, 0.5) is 0 Å². The van der Waals surface area contributed by atoms with Crippen molar-refractivity contribution in [1.29, 1.82) is 0 Å². The van der Waals surface area contributed by atoms with Crippen molar-refractivity contribution in [3.8, 4) is 0 Å². The van der Waals surface area contributed by atoms with Gasteiger partial charge in [0.1, 0.15) is 0 Å². The molecule has 0 saturated heterocycles. The van der Waals surface area contributed by atoms with Crippen molar-refractivity contribution >= 4 is 22.1 Å². The average Bonchev–Trinajstić information content (AvgIpc) is 2.40. The van der Waals surface area contributed by atoms with E-state index in [2.05, 4.69) is 0 Å². The summed E-state index contributed by atoms with van der Waals surface area (Å²) in [6.45, 7) is 22.3. The van der Waals surface area contributed by atoms with Gasteiger partial charge in [-0.3, -0.25) is 0 Å². The molecule has 0 aliphatic carbocycles. The van der Waals surface area contributed by atoms with E-state index in [1.54, 1.807) is 0 Å². The van der Waals surface area contributed by atoms with Gasteiger partial charge < -0.3 is 0 Å². The van der Waals surface area contributed by atoms with Crippen LogP contribution in [0.3, 0.4) is 0 Å². The van der Waals surface area contributed by atoms with Crippen molar-refractivity contribution in [3.63, 3.8) is 0 Å². The molecular formula is C20H46O8P2Pd. The molecule has 0 fully saturated rings. The minimum Gasteiger partial charge on any atom is 0 e. The minimum absolute atomic E-state index is 0. The molecule has 0 radical (unpaired) electrons. The fourth-order valence-corrected chi connectivity index (χ4v) is 8.19. The van der Waals surface area contributed by atoms with E-state index in [0.29, 0.717) is 0 Å². The first kappa shape index (κ1) is 33.9. The van der Waals surface area contributed by atoms with Crippen LogP contribution >= 0.6 is 16.1 Å². The van der Waals surface area contributed by atoms with Gasteiger partial charge in [-0.25, -0.2) is 0 Å². The van der Waals surface area contributed by atoms with Gasteiger partial charge in [0.25, 0.3) is 0 Å². The van der Waals surface area contributed by atoms with Crippen molar-refractivity contribution in [2.24, 2.45) is 0 Å². The molecule has 31 heavy (non-hydrogen) atoms. The zero-order chi connectivity index (χ0) is 23.7. The van der Waals surface area contributed by atoms with Gasteiger partial charge in [0.2, 0.25) is 0 Å². The van der Waals surface area contributed by atoms with E-state index in [1.165, 1.54) is 0 Å². The molecule has 0 aliphatic rings. The minimum atomic E-state index is -3.76. The van der Waals surface area contributed by atoms with Crippen LogP contribution in [0.2, 0.25) is 0 Å². The second-order valence-electron chi connectivity index (χ2n) is 8.83. The van der Waals surface area contributed by atoms with Crippen LogP contribution in [0.15, 0.2) is 0 Å². The summed E-state index contributed by atoms with van der Waals surface area (Å²) in [7, 11) is -7.15. The summed E-state index contributed by atoms with van der Waals surface area (Å²) in [4.78, 5) is 13.1. The number of hydrogen-bond acceptors (Lipinski definition) is 8. The van der Waals surface area contributed by atoms with Crippen LogP contribution in [0.1, 0.15) is 83.1 Å². The molecule has 0 atom stereocenters.